The predicted octanol–water partition coefficient (Wildman–Crippen LogP) is 6.08. The van der Waals surface area contributed by atoms with E-state index in [2.05, 4.69) is 37.2 Å². The van der Waals surface area contributed by atoms with Crippen LogP contribution < -0.4 is 19.9 Å². The van der Waals surface area contributed by atoms with Crippen molar-refractivity contribution in [3.8, 4) is 5.88 Å². The molecule has 1 amide bonds. The fraction of sp³-hybridized carbons (Fsp3) is 0.606. The number of alkyl carbamates (subject to hydrolysis) is 1. The zero-order valence-electron chi connectivity index (χ0n) is 27.5. The number of hydrogen-bond donors (Lipinski definition) is 1. The molecule has 0 radical (unpaired) electrons. The van der Waals surface area contributed by atoms with Gasteiger partial charge in [-0.1, -0.05) is 25.9 Å². The minimum absolute atomic E-state index is 0.186. The number of carbonyl (C=O) groups is 1. The molecule has 2 aliphatic rings. The van der Waals surface area contributed by atoms with Crippen LogP contribution in [0.2, 0.25) is 0 Å². The van der Waals surface area contributed by atoms with Crippen molar-refractivity contribution in [2.24, 2.45) is 11.8 Å². The average molecular weight is 642 g/mol. The Morgan fingerprint density at radius 1 is 1.09 bits per heavy atom. The van der Waals surface area contributed by atoms with E-state index < -0.39 is 35.3 Å². The van der Waals surface area contributed by atoms with E-state index in [0.717, 1.165) is 50.3 Å². The second-order valence-corrected chi connectivity index (χ2v) is 13.7. The number of piperidine rings is 1. The Bertz CT molecular complexity index is 1470. The molecule has 0 bridgehead atoms. The van der Waals surface area contributed by atoms with Crippen molar-refractivity contribution in [1.29, 1.82) is 0 Å². The van der Waals surface area contributed by atoms with Gasteiger partial charge in [0, 0.05) is 44.1 Å². The Morgan fingerprint density at radius 2 is 1.85 bits per heavy atom. The summed E-state index contributed by atoms with van der Waals surface area (Å²) < 4.78 is 46.0. The van der Waals surface area contributed by atoms with Crippen LogP contribution in [0, 0.1) is 23.5 Å². The van der Waals surface area contributed by atoms with Crippen molar-refractivity contribution >= 4 is 17.9 Å². The molecule has 2 aromatic heterocycles. The third-order valence-electron chi connectivity index (χ3n) is 8.72. The van der Waals surface area contributed by atoms with Gasteiger partial charge in [0.2, 0.25) is 5.88 Å². The van der Waals surface area contributed by atoms with E-state index in [1.165, 1.54) is 12.4 Å². The van der Waals surface area contributed by atoms with E-state index >= 15 is 0 Å². The van der Waals surface area contributed by atoms with Crippen molar-refractivity contribution in [2.75, 3.05) is 42.6 Å². The van der Waals surface area contributed by atoms with Crippen LogP contribution in [0.3, 0.4) is 0 Å². The highest BCUT2D eigenvalue weighted by Crippen LogP contribution is 2.34. The zero-order chi connectivity index (χ0) is 33.0. The highest BCUT2D eigenvalue weighted by molar-refractivity contribution is 5.69. The molecule has 5 rings (SSSR count). The summed E-state index contributed by atoms with van der Waals surface area (Å²) in [6.45, 7) is 14.5. The molecule has 3 atom stereocenters. The lowest BCUT2D eigenvalue weighted by Gasteiger charge is -2.33. The summed E-state index contributed by atoms with van der Waals surface area (Å²) in [6, 6.07) is 5.17. The topological polar surface area (TPSA) is 119 Å². The van der Waals surface area contributed by atoms with E-state index in [9.17, 15) is 13.6 Å². The van der Waals surface area contributed by atoms with Crippen molar-refractivity contribution < 1.29 is 27.6 Å². The van der Waals surface area contributed by atoms with Gasteiger partial charge in [-0.3, -0.25) is 0 Å². The Kier molecular flexibility index (Phi) is 10.3. The van der Waals surface area contributed by atoms with Gasteiger partial charge in [-0.25, -0.2) is 23.5 Å². The lowest BCUT2D eigenvalue weighted by Crippen LogP contribution is -2.43. The van der Waals surface area contributed by atoms with Crippen molar-refractivity contribution in [2.45, 2.75) is 84.3 Å². The first-order valence-electron chi connectivity index (χ1n) is 16.1. The van der Waals surface area contributed by atoms with E-state index in [0.29, 0.717) is 49.2 Å². The molecule has 2 fully saturated rings. The average Bonchev–Trinajstić information content (AvgIpc) is 3.66. The smallest absolute Gasteiger partial charge is 0.407 e. The molecule has 0 unspecified atom stereocenters. The standard InChI is InChI=1S/C33H45F2N7O4/c1-20(2)30-39-31(46-40-30)41-12-9-22(10-13-41)21(3)11-14-44-29-16-28(36-19-37-29)42-17-25(24-15-23(34)7-8-26(24)35)27(18-42)38-32(43)45-33(4,5)6/h7-8,15-16,19-22,25,27H,9-14,17-18H2,1-6H3,(H,38,43)/t21-,25-,27+/m1/s1. The van der Waals surface area contributed by atoms with Crippen LogP contribution in [0.4, 0.5) is 25.4 Å². The number of halogens is 2. The number of rotatable bonds is 10. The lowest BCUT2D eigenvalue weighted by molar-refractivity contribution is 0.0504. The third kappa shape index (κ3) is 8.41. The maximum absolute atomic E-state index is 14.9. The minimum atomic E-state index is -0.706. The summed E-state index contributed by atoms with van der Waals surface area (Å²) >= 11 is 0. The van der Waals surface area contributed by atoms with Crippen LogP contribution in [-0.4, -0.2) is 70.6 Å². The number of hydrogen-bond acceptors (Lipinski definition) is 10. The van der Waals surface area contributed by atoms with Gasteiger partial charge in [-0.15, -0.1) is 0 Å². The van der Waals surface area contributed by atoms with Gasteiger partial charge in [0.15, 0.2) is 5.82 Å². The van der Waals surface area contributed by atoms with Gasteiger partial charge in [0.05, 0.1) is 12.6 Å². The maximum Gasteiger partial charge on any atom is 0.407 e. The number of nitrogens with one attached hydrogen (secondary N) is 1. The summed E-state index contributed by atoms with van der Waals surface area (Å²) in [5.74, 6) is 1.37. The van der Waals surface area contributed by atoms with E-state index in [1.54, 1.807) is 26.8 Å². The van der Waals surface area contributed by atoms with Crippen LogP contribution in [0.5, 0.6) is 5.88 Å². The molecule has 2 aliphatic heterocycles. The number of ether oxygens (including phenoxy) is 2. The van der Waals surface area contributed by atoms with Crippen molar-refractivity contribution in [3.05, 3.63) is 53.6 Å². The third-order valence-corrected chi connectivity index (χ3v) is 8.72. The second kappa shape index (κ2) is 14.2. The number of aromatic nitrogens is 4. The molecule has 3 aromatic rings. The number of benzene rings is 1. The molecule has 0 saturated carbocycles. The molecule has 13 heteroatoms. The highest BCUT2D eigenvalue weighted by atomic mass is 19.1. The van der Waals surface area contributed by atoms with Crippen LogP contribution in [0.25, 0.3) is 0 Å². The molecule has 46 heavy (non-hydrogen) atoms. The first kappa shape index (κ1) is 33.3. The van der Waals surface area contributed by atoms with Gasteiger partial charge in [-0.2, -0.15) is 4.98 Å². The zero-order valence-corrected chi connectivity index (χ0v) is 27.5. The number of carbonyl (C=O) groups excluding carboxylic acids is 1. The number of amides is 1. The Hall–Kier alpha value is -4.03. The van der Waals surface area contributed by atoms with Crippen molar-refractivity contribution in [1.82, 2.24) is 25.4 Å². The summed E-state index contributed by atoms with van der Waals surface area (Å²) in [7, 11) is 0. The van der Waals surface area contributed by atoms with E-state index in [1.807, 2.05) is 18.7 Å². The molecule has 0 spiro atoms. The Labute approximate surface area is 269 Å². The summed E-state index contributed by atoms with van der Waals surface area (Å²) in [6.07, 6.45) is 3.76. The molecule has 0 aliphatic carbocycles. The molecule has 250 valence electrons. The summed E-state index contributed by atoms with van der Waals surface area (Å²) in [5, 5.41) is 6.95. The van der Waals surface area contributed by atoms with E-state index in [-0.39, 0.29) is 11.5 Å². The number of nitrogens with zero attached hydrogens (tertiary/aromatic N) is 6. The number of anilines is 2. The van der Waals surface area contributed by atoms with Gasteiger partial charge in [-0.05, 0) is 75.6 Å². The highest BCUT2D eigenvalue weighted by Gasteiger charge is 2.38. The first-order chi connectivity index (χ1) is 21.9. The van der Waals surface area contributed by atoms with Crippen molar-refractivity contribution in [3.63, 3.8) is 0 Å². The van der Waals surface area contributed by atoms with Crippen LogP contribution in [0.15, 0.2) is 35.1 Å². The van der Waals surface area contributed by atoms with E-state index in [4.69, 9.17) is 14.0 Å². The fourth-order valence-electron chi connectivity index (χ4n) is 6.13. The molecule has 1 aromatic carbocycles. The quantitative estimate of drug-likeness (QED) is 0.279. The lowest BCUT2D eigenvalue weighted by atomic mass is 9.84. The summed E-state index contributed by atoms with van der Waals surface area (Å²) in [4.78, 5) is 30.0. The van der Waals surface area contributed by atoms with Crippen LogP contribution in [-0.2, 0) is 4.74 Å². The maximum atomic E-state index is 14.9. The molecule has 2 saturated heterocycles. The van der Waals surface area contributed by atoms with Crippen LogP contribution in [0.1, 0.15) is 84.0 Å². The summed E-state index contributed by atoms with van der Waals surface area (Å²) in [5.41, 5.74) is -0.519. The van der Waals surface area contributed by atoms with Gasteiger partial charge in [0.25, 0.3) is 0 Å². The Morgan fingerprint density at radius 3 is 2.54 bits per heavy atom. The molecular weight excluding hydrogens is 596 g/mol. The largest absolute Gasteiger partial charge is 0.478 e. The molecular formula is C33H45F2N7O4. The fourth-order valence-corrected chi connectivity index (χ4v) is 6.13. The minimum Gasteiger partial charge on any atom is -0.478 e. The van der Waals surface area contributed by atoms with Gasteiger partial charge >= 0.3 is 12.1 Å². The van der Waals surface area contributed by atoms with Crippen LogP contribution >= 0.6 is 0 Å². The Balaban J connectivity index is 1.17. The molecule has 1 N–H and O–H groups in total. The normalized spacial score (nSPS) is 19.8. The predicted molar refractivity (Wildman–Crippen MR) is 169 cm³/mol. The molecule has 4 heterocycles. The van der Waals surface area contributed by atoms with Gasteiger partial charge in [0.1, 0.15) is 29.4 Å². The van der Waals surface area contributed by atoms with Gasteiger partial charge < -0.3 is 29.1 Å². The monoisotopic (exact) mass is 641 g/mol. The first-order valence-corrected chi connectivity index (χ1v) is 16.1. The SMILES string of the molecule is CC(C)c1noc(N2CCC([C@H](C)CCOc3cc(N4C[C@H](NC(=O)OC(C)(C)C)[C@@H](c5cc(F)ccc5F)C4)ncn3)CC2)n1. The second-order valence-electron chi connectivity index (χ2n) is 13.7. The molecule has 11 nitrogen and oxygen atoms in total.